The SMILES string of the molecule is CCCOc1cc(C2/C(=C(\O)c3c(OC)cccc3OC)C(=O)C(=O)N2CCN(C)C)ccc1OC. The average molecular weight is 499 g/mol. The molecular weight excluding hydrogens is 464 g/mol. The predicted molar refractivity (Wildman–Crippen MR) is 136 cm³/mol. The van der Waals surface area contributed by atoms with Crippen LogP contribution in [0.2, 0.25) is 0 Å². The van der Waals surface area contributed by atoms with E-state index in [0.29, 0.717) is 41.7 Å². The number of nitrogens with zero attached hydrogens (tertiary/aromatic N) is 2. The van der Waals surface area contributed by atoms with E-state index in [2.05, 4.69) is 0 Å². The molecule has 0 bridgehead atoms. The molecule has 1 heterocycles. The number of methoxy groups -OCH3 is 3. The molecule has 1 amide bonds. The number of carbonyl (C=O) groups is 2. The number of carbonyl (C=O) groups excluding carboxylic acids is 2. The van der Waals surface area contributed by atoms with Crippen molar-refractivity contribution >= 4 is 17.4 Å². The van der Waals surface area contributed by atoms with Crippen LogP contribution in [0.3, 0.4) is 0 Å². The van der Waals surface area contributed by atoms with Gasteiger partial charge in [-0.05, 0) is 50.3 Å². The minimum absolute atomic E-state index is 0.0480. The lowest BCUT2D eigenvalue weighted by molar-refractivity contribution is -0.140. The van der Waals surface area contributed by atoms with Gasteiger partial charge in [-0.2, -0.15) is 0 Å². The number of hydrogen-bond donors (Lipinski definition) is 1. The summed E-state index contributed by atoms with van der Waals surface area (Å²) in [5.74, 6) is -0.195. The van der Waals surface area contributed by atoms with Crippen LogP contribution in [0, 0.1) is 0 Å². The molecule has 2 aromatic carbocycles. The fourth-order valence-corrected chi connectivity index (χ4v) is 4.17. The number of ether oxygens (including phenoxy) is 4. The highest BCUT2D eigenvalue weighted by Gasteiger charge is 2.46. The summed E-state index contributed by atoms with van der Waals surface area (Å²) in [5.41, 5.74) is 0.762. The number of aliphatic hydroxyl groups is 1. The first kappa shape index (κ1) is 26.9. The van der Waals surface area contributed by atoms with E-state index in [0.717, 1.165) is 6.42 Å². The molecule has 1 aliphatic rings. The molecule has 2 aromatic rings. The van der Waals surface area contributed by atoms with Gasteiger partial charge in [0.2, 0.25) is 0 Å². The summed E-state index contributed by atoms with van der Waals surface area (Å²) in [6.07, 6.45) is 0.794. The van der Waals surface area contributed by atoms with Crippen LogP contribution >= 0.6 is 0 Å². The second-order valence-electron chi connectivity index (χ2n) is 8.59. The minimum atomic E-state index is -0.852. The second-order valence-corrected chi connectivity index (χ2v) is 8.59. The van der Waals surface area contributed by atoms with E-state index in [4.69, 9.17) is 18.9 Å². The van der Waals surface area contributed by atoms with Gasteiger partial charge in [-0.1, -0.05) is 19.1 Å². The molecule has 1 N–H and O–H groups in total. The van der Waals surface area contributed by atoms with Crippen molar-refractivity contribution in [2.45, 2.75) is 19.4 Å². The zero-order valence-electron chi connectivity index (χ0n) is 21.7. The van der Waals surface area contributed by atoms with E-state index in [9.17, 15) is 14.7 Å². The first-order valence-corrected chi connectivity index (χ1v) is 11.7. The summed E-state index contributed by atoms with van der Waals surface area (Å²) >= 11 is 0. The van der Waals surface area contributed by atoms with Crippen LogP contribution in [0.5, 0.6) is 23.0 Å². The first-order valence-electron chi connectivity index (χ1n) is 11.7. The number of Topliss-reactive ketones (excluding diaryl/α,β-unsaturated/α-hetero) is 1. The summed E-state index contributed by atoms with van der Waals surface area (Å²) in [6.45, 7) is 3.27. The number of amides is 1. The Bertz CT molecular complexity index is 1120. The lowest BCUT2D eigenvalue weighted by Crippen LogP contribution is -2.35. The molecule has 194 valence electrons. The number of rotatable bonds is 11. The number of likely N-dealkylation sites (tertiary alicyclic amines) is 1. The van der Waals surface area contributed by atoms with E-state index < -0.39 is 17.7 Å². The molecule has 1 unspecified atom stereocenters. The van der Waals surface area contributed by atoms with E-state index in [1.807, 2.05) is 25.9 Å². The largest absolute Gasteiger partial charge is 0.506 e. The highest BCUT2D eigenvalue weighted by Crippen LogP contribution is 2.44. The summed E-state index contributed by atoms with van der Waals surface area (Å²) in [7, 11) is 8.23. The van der Waals surface area contributed by atoms with Gasteiger partial charge in [-0.15, -0.1) is 0 Å². The Balaban J connectivity index is 2.26. The normalized spacial score (nSPS) is 17.0. The molecule has 0 aromatic heterocycles. The Labute approximate surface area is 211 Å². The monoisotopic (exact) mass is 498 g/mol. The van der Waals surface area contributed by atoms with Gasteiger partial charge in [0.25, 0.3) is 11.7 Å². The highest BCUT2D eigenvalue weighted by atomic mass is 16.5. The van der Waals surface area contributed by atoms with Gasteiger partial charge < -0.3 is 33.9 Å². The van der Waals surface area contributed by atoms with Gasteiger partial charge in [-0.3, -0.25) is 9.59 Å². The molecule has 0 saturated carbocycles. The van der Waals surface area contributed by atoms with Gasteiger partial charge in [0.1, 0.15) is 22.8 Å². The zero-order chi connectivity index (χ0) is 26.4. The molecule has 0 aliphatic carbocycles. The van der Waals surface area contributed by atoms with Crippen molar-refractivity contribution in [1.29, 1.82) is 0 Å². The predicted octanol–water partition coefficient (Wildman–Crippen LogP) is 3.48. The number of ketones is 1. The van der Waals surface area contributed by atoms with Crippen molar-refractivity contribution in [3.8, 4) is 23.0 Å². The minimum Gasteiger partial charge on any atom is -0.506 e. The summed E-state index contributed by atoms with van der Waals surface area (Å²) in [4.78, 5) is 30.0. The second kappa shape index (κ2) is 11.8. The molecule has 3 rings (SSSR count). The maximum absolute atomic E-state index is 13.4. The maximum Gasteiger partial charge on any atom is 0.295 e. The summed E-state index contributed by atoms with van der Waals surface area (Å²) in [6, 6.07) is 9.41. The van der Waals surface area contributed by atoms with Crippen molar-refractivity contribution in [3.63, 3.8) is 0 Å². The van der Waals surface area contributed by atoms with Crippen LogP contribution in [0.15, 0.2) is 42.0 Å². The summed E-state index contributed by atoms with van der Waals surface area (Å²) in [5, 5.41) is 11.5. The molecule has 0 spiro atoms. The van der Waals surface area contributed by atoms with Crippen LogP contribution in [0.25, 0.3) is 5.76 Å². The van der Waals surface area contributed by atoms with Gasteiger partial charge in [0.15, 0.2) is 11.5 Å². The molecule has 1 saturated heterocycles. The zero-order valence-corrected chi connectivity index (χ0v) is 21.7. The van der Waals surface area contributed by atoms with E-state index >= 15 is 0 Å². The topological polar surface area (TPSA) is 97.8 Å². The molecule has 1 atom stereocenters. The lowest BCUT2D eigenvalue weighted by atomic mass is 9.94. The summed E-state index contributed by atoms with van der Waals surface area (Å²) < 4.78 is 22.2. The van der Waals surface area contributed by atoms with Gasteiger partial charge >= 0.3 is 0 Å². The highest BCUT2D eigenvalue weighted by molar-refractivity contribution is 6.46. The molecular formula is C27H34N2O7. The van der Waals surface area contributed by atoms with Gasteiger partial charge in [-0.25, -0.2) is 0 Å². The number of benzene rings is 2. The van der Waals surface area contributed by atoms with Crippen LogP contribution in [-0.4, -0.2) is 81.7 Å². The number of hydrogen-bond acceptors (Lipinski definition) is 8. The molecule has 9 nitrogen and oxygen atoms in total. The molecule has 36 heavy (non-hydrogen) atoms. The Kier molecular flexibility index (Phi) is 8.82. The quantitative estimate of drug-likeness (QED) is 0.286. The number of likely N-dealkylation sites (N-methyl/N-ethyl adjacent to an activating group) is 1. The third-order valence-corrected chi connectivity index (χ3v) is 5.96. The average Bonchev–Trinajstić information content (AvgIpc) is 3.14. The molecule has 1 aliphatic heterocycles. The van der Waals surface area contributed by atoms with Crippen LogP contribution in [0.4, 0.5) is 0 Å². The van der Waals surface area contributed by atoms with Crippen molar-refractivity contribution in [2.75, 3.05) is 55.1 Å². The Morgan fingerprint density at radius 1 is 0.972 bits per heavy atom. The van der Waals surface area contributed by atoms with E-state index in [1.165, 1.54) is 19.1 Å². The molecule has 1 fully saturated rings. The van der Waals surface area contributed by atoms with E-state index in [-0.39, 0.29) is 23.4 Å². The molecule has 9 heteroatoms. The van der Waals surface area contributed by atoms with Crippen molar-refractivity contribution in [2.24, 2.45) is 0 Å². The Hall–Kier alpha value is -3.72. The fourth-order valence-electron chi connectivity index (χ4n) is 4.17. The number of aliphatic hydroxyl groups excluding tert-OH is 1. The fraction of sp³-hybridized carbons (Fsp3) is 0.407. The van der Waals surface area contributed by atoms with Crippen LogP contribution in [0.1, 0.15) is 30.5 Å². The van der Waals surface area contributed by atoms with Crippen molar-refractivity contribution in [3.05, 3.63) is 53.1 Å². The van der Waals surface area contributed by atoms with Crippen LogP contribution < -0.4 is 18.9 Å². The van der Waals surface area contributed by atoms with Gasteiger partial charge in [0.05, 0.1) is 39.6 Å². The Morgan fingerprint density at radius 2 is 1.61 bits per heavy atom. The van der Waals surface area contributed by atoms with Crippen molar-refractivity contribution in [1.82, 2.24) is 9.80 Å². The smallest absolute Gasteiger partial charge is 0.295 e. The van der Waals surface area contributed by atoms with Crippen LogP contribution in [-0.2, 0) is 9.59 Å². The Morgan fingerprint density at radius 3 is 2.17 bits per heavy atom. The lowest BCUT2D eigenvalue weighted by Gasteiger charge is -2.27. The van der Waals surface area contributed by atoms with Gasteiger partial charge in [0, 0.05) is 13.1 Å². The first-order chi connectivity index (χ1) is 17.3. The standard InChI is InChI=1S/C27H34N2O7/c1-7-15-36-21-16-17(11-12-18(21)33-4)24-23(26(31)27(32)29(24)14-13-28(2)3)25(30)22-19(34-5)9-8-10-20(22)35-6/h8-12,16,24,30H,7,13-15H2,1-6H3/b25-23+. The molecule has 0 radical (unpaired) electrons. The third-order valence-electron chi connectivity index (χ3n) is 5.96. The third kappa shape index (κ3) is 5.26. The van der Waals surface area contributed by atoms with E-state index in [1.54, 1.807) is 43.5 Å². The maximum atomic E-state index is 13.4. The van der Waals surface area contributed by atoms with Crippen molar-refractivity contribution < 1.29 is 33.6 Å².